The first-order valence-electron chi connectivity index (χ1n) is 20.1. The zero-order valence-corrected chi connectivity index (χ0v) is 30.4. The maximum Gasteiger partial charge on any atom is 0.639 e. The first kappa shape index (κ1) is 42.9. The van der Waals surface area contributed by atoms with Gasteiger partial charge in [0.05, 0.1) is 0 Å². The fourth-order valence-electron chi connectivity index (χ4n) is 6.01. The van der Waals surface area contributed by atoms with E-state index in [-0.39, 0.29) is 6.10 Å². The second-order valence-electron chi connectivity index (χ2n) is 13.8. The molecular formula is C39H81BO3. The molecule has 0 radical (unpaired) electrons. The van der Waals surface area contributed by atoms with Gasteiger partial charge in [0.15, 0.2) is 0 Å². The van der Waals surface area contributed by atoms with Gasteiger partial charge in [-0.15, -0.1) is 0 Å². The van der Waals surface area contributed by atoms with E-state index in [2.05, 4.69) is 27.7 Å². The van der Waals surface area contributed by atoms with Crippen LogP contribution in [0.3, 0.4) is 0 Å². The molecule has 43 heavy (non-hydrogen) atoms. The highest BCUT2D eigenvalue weighted by atomic mass is 16.7. The molecule has 0 fully saturated rings. The molecule has 0 saturated carbocycles. The van der Waals surface area contributed by atoms with Crippen molar-refractivity contribution in [3.63, 3.8) is 0 Å². The van der Waals surface area contributed by atoms with Crippen molar-refractivity contribution >= 4 is 7.32 Å². The molecule has 4 heteroatoms. The normalized spacial score (nSPS) is 11.7. The van der Waals surface area contributed by atoms with Crippen LogP contribution in [-0.2, 0) is 14.0 Å². The van der Waals surface area contributed by atoms with Gasteiger partial charge in [0, 0.05) is 19.3 Å². The minimum atomic E-state index is -0.493. The van der Waals surface area contributed by atoms with E-state index < -0.39 is 7.32 Å². The summed E-state index contributed by atoms with van der Waals surface area (Å²) in [5, 5.41) is 0. The molecule has 0 atom stereocenters. The molecule has 3 nitrogen and oxygen atoms in total. The molecule has 0 aromatic rings. The first-order valence-corrected chi connectivity index (χ1v) is 20.1. The summed E-state index contributed by atoms with van der Waals surface area (Å²) in [6.45, 7) is 10.2. The van der Waals surface area contributed by atoms with Crippen molar-refractivity contribution in [1.82, 2.24) is 0 Å². The Kier molecular flexibility index (Phi) is 38.1. The van der Waals surface area contributed by atoms with Gasteiger partial charge in [0.2, 0.25) is 0 Å². The Balaban J connectivity index is 3.44. The summed E-state index contributed by atoms with van der Waals surface area (Å²) in [4.78, 5) is 0. The van der Waals surface area contributed by atoms with Gasteiger partial charge in [-0.3, -0.25) is 0 Å². The Morgan fingerprint density at radius 3 is 0.744 bits per heavy atom. The van der Waals surface area contributed by atoms with Crippen molar-refractivity contribution in [3.8, 4) is 0 Å². The second kappa shape index (κ2) is 38.1. The van der Waals surface area contributed by atoms with Crippen molar-refractivity contribution in [1.29, 1.82) is 0 Å². The Morgan fingerprint density at radius 1 is 0.326 bits per heavy atom. The summed E-state index contributed by atoms with van der Waals surface area (Å²) in [7, 11) is -0.493. The average Bonchev–Trinajstić information content (AvgIpc) is 2.99. The van der Waals surface area contributed by atoms with Gasteiger partial charge in [0.1, 0.15) is 0 Å². The molecule has 0 spiro atoms. The standard InChI is InChI=1S/C39H81BO3/c1-5-7-9-11-13-15-17-19-21-23-25-27-29-31-33-35-37-41-40(43-39(3)4)42-38-36-34-32-30-28-26-24-22-20-18-16-14-12-10-8-6-2/h39H,5-38H2,1-4H3. The fourth-order valence-corrected chi connectivity index (χ4v) is 6.01. The molecule has 0 heterocycles. The van der Waals surface area contributed by atoms with Gasteiger partial charge in [-0.25, -0.2) is 0 Å². The zero-order valence-electron chi connectivity index (χ0n) is 30.4. The Bertz CT molecular complexity index is 449. The van der Waals surface area contributed by atoms with Crippen LogP contribution >= 0.6 is 0 Å². The molecule has 0 bridgehead atoms. The molecule has 0 N–H and O–H groups in total. The highest BCUT2D eigenvalue weighted by Gasteiger charge is 2.22. The zero-order chi connectivity index (χ0) is 31.3. The summed E-state index contributed by atoms with van der Waals surface area (Å²) >= 11 is 0. The van der Waals surface area contributed by atoms with E-state index >= 15 is 0 Å². The van der Waals surface area contributed by atoms with Gasteiger partial charge in [-0.2, -0.15) is 0 Å². The SMILES string of the molecule is CCCCCCCCCCCCCCCCCCOB(OCCCCCCCCCCCCCCCCCC)OC(C)C. The van der Waals surface area contributed by atoms with E-state index in [4.69, 9.17) is 14.0 Å². The fraction of sp³-hybridized carbons (Fsp3) is 1.00. The Hall–Kier alpha value is -0.0551. The summed E-state index contributed by atoms with van der Waals surface area (Å²) in [5.74, 6) is 0. The summed E-state index contributed by atoms with van der Waals surface area (Å²) in [6, 6.07) is 0. The van der Waals surface area contributed by atoms with Crippen LogP contribution in [0.15, 0.2) is 0 Å². The second-order valence-corrected chi connectivity index (χ2v) is 13.8. The number of hydrogen-bond acceptors (Lipinski definition) is 3. The summed E-state index contributed by atoms with van der Waals surface area (Å²) in [6.07, 6.45) is 44.7. The van der Waals surface area contributed by atoms with Crippen molar-refractivity contribution in [2.24, 2.45) is 0 Å². The van der Waals surface area contributed by atoms with Crippen LogP contribution in [-0.4, -0.2) is 26.6 Å². The van der Waals surface area contributed by atoms with E-state index in [9.17, 15) is 0 Å². The predicted octanol–water partition coefficient (Wildman–Crippen LogP) is 14.0. The van der Waals surface area contributed by atoms with E-state index in [1.54, 1.807) is 0 Å². The Morgan fingerprint density at radius 2 is 0.535 bits per heavy atom. The van der Waals surface area contributed by atoms with Crippen LogP contribution in [0.25, 0.3) is 0 Å². The van der Waals surface area contributed by atoms with Crippen LogP contribution in [0.4, 0.5) is 0 Å². The number of rotatable bonds is 38. The van der Waals surface area contributed by atoms with E-state index in [1.807, 2.05) is 0 Å². The minimum Gasteiger partial charge on any atom is -0.386 e. The van der Waals surface area contributed by atoms with Crippen molar-refractivity contribution in [2.75, 3.05) is 13.2 Å². The summed E-state index contributed by atoms with van der Waals surface area (Å²) in [5.41, 5.74) is 0. The lowest BCUT2D eigenvalue weighted by Crippen LogP contribution is -2.31. The highest BCUT2D eigenvalue weighted by Crippen LogP contribution is 2.15. The third kappa shape index (κ3) is 38.0. The number of hydrogen-bond donors (Lipinski definition) is 0. The van der Waals surface area contributed by atoms with Gasteiger partial charge in [-0.1, -0.05) is 206 Å². The summed E-state index contributed by atoms with van der Waals surface area (Å²) < 4.78 is 17.8. The smallest absolute Gasteiger partial charge is 0.386 e. The van der Waals surface area contributed by atoms with E-state index in [0.717, 1.165) is 26.1 Å². The van der Waals surface area contributed by atoms with Gasteiger partial charge < -0.3 is 14.0 Å². The van der Waals surface area contributed by atoms with Gasteiger partial charge in [-0.05, 0) is 26.7 Å². The van der Waals surface area contributed by atoms with Crippen LogP contribution in [0, 0.1) is 0 Å². The monoisotopic (exact) mass is 609 g/mol. The predicted molar refractivity (Wildman–Crippen MR) is 193 cm³/mol. The first-order chi connectivity index (χ1) is 21.2. The molecule has 0 aliphatic carbocycles. The largest absolute Gasteiger partial charge is 0.639 e. The molecule has 0 aromatic carbocycles. The Labute approximate surface area is 273 Å². The lowest BCUT2D eigenvalue weighted by Gasteiger charge is -2.17. The van der Waals surface area contributed by atoms with Crippen molar-refractivity contribution in [2.45, 2.75) is 239 Å². The number of unbranched alkanes of at least 4 members (excludes halogenated alkanes) is 30. The van der Waals surface area contributed by atoms with E-state index in [1.165, 1.54) is 193 Å². The van der Waals surface area contributed by atoms with Crippen molar-refractivity contribution < 1.29 is 14.0 Å². The molecule has 258 valence electrons. The van der Waals surface area contributed by atoms with Gasteiger partial charge in [0.25, 0.3) is 0 Å². The molecule has 0 aromatic heterocycles. The van der Waals surface area contributed by atoms with Crippen LogP contribution in [0.5, 0.6) is 0 Å². The van der Waals surface area contributed by atoms with Crippen molar-refractivity contribution in [3.05, 3.63) is 0 Å². The molecule has 0 rings (SSSR count). The lowest BCUT2D eigenvalue weighted by atomic mass is 10.0. The van der Waals surface area contributed by atoms with Crippen LogP contribution < -0.4 is 0 Å². The maximum absolute atomic E-state index is 5.96. The third-order valence-electron chi connectivity index (χ3n) is 8.89. The molecule has 0 aliphatic heterocycles. The quantitative estimate of drug-likeness (QED) is 0.0515. The topological polar surface area (TPSA) is 27.7 Å². The molecular weight excluding hydrogens is 527 g/mol. The lowest BCUT2D eigenvalue weighted by molar-refractivity contribution is 0.0675. The van der Waals surface area contributed by atoms with Crippen LogP contribution in [0.2, 0.25) is 0 Å². The minimum absolute atomic E-state index is 0.126. The molecule has 0 saturated heterocycles. The highest BCUT2D eigenvalue weighted by molar-refractivity contribution is 6.36. The molecule has 0 amide bonds. The van der Waals surface area contributed by atoms with Gasteiger partial charge >= 0.3 is 7.32 Å². The molecule has 0 aliphatic rings. The van der Waals surface area contributed by atoms with E-state index in [0.29, 0.717) is 0 Å². The molecule has 0 unspecified atom stereocenters. The van der Waals surface area contributed by atoms with Crippen LogP contribution in [0.1, 0.15) is 233 Å². The average molecular weight is 609 g/mol. The maximum atomic E-state index is 5.96. The third-order valence-corrected chi connectivity index (χ3v) is 8.89.